The molecule has 2 aromatic rings. The Bertz CT molecular complexity index is 755. The third-order valence-corrected chi connectivity index (χ3v) is 4.16. The van der Waals surface area contributed by atoms with Crippen LogP contribution in [-0.4, -0.2) is 24.5 Å². The normalized spacial score (nSPS) is 15.9. The first-order valence-electron chi connectivity index (χ1n) is 8.01. The second-order valence-corrected chi connectivity index (χ2v) is 5.77. The Morgan fingerprint density at radius 1 is 1.17 bits per heavy atom. The van der Waals surface area contributed by atoms with Crippen LogP contribution in [0.5, 0.6) is 5.75 Å². The number of hydrogen-bond donors (Lipinski definition) is 1. The average molecular weight is 324 g/mol. The summed E-state index contributed by atoms with van der Waals surface area (Å²) in [6.07, 6.45) is 0.686. The number of nitrogens with zero attached hydrogens (tertiary/aromatic N) is 1. The number of nitrogens with two attached hydrogens (primary N) is 1. The highest BCUT2D eigenvalue weighted by atomic mass is 16.5. The molecule has 1 aliphatic rings. The van der Waals surface area contributed by atoms with E-state index in [0.717, 1.165) is 22.6 Å². The number of carbonyl (C=O) groups excluding carboxylic acids is 2. The number of hydrogen-bond acceptors (Lipinski definition) is 3. The molecule has 5 heteroatoms. The van der Waals surface area contributed by atoms with Crippen LogP contribution in [-0.2, 0) is 22.4 Å². The lowest BCUT2D eigenvalue weighted by molar-refractivity contribution is -0.124. The lowest BCUT2D eigenvalue weighted by Gasteiger charge is -2.23. The number of benzene rings is 2. The third kappa shape index (κ3) is 3.11. The SMILES string of the molecule is CCOc1ccc(CC(=O)N2c3ccccc3C[C@H]2C(N)=O)cc1. The van der Waals surface area contributed by atoms with Crippen molar-refractivity contribution in [2.75, 3.05) is 11.5 Å². The van der Waals surface area contributed by atoms with Gasteiger partial charge in [-0.1, -0.05) is 30.3 Å². The summed E-state index contributed by atoms with van der Waals surface area (Å²) < 4.78 is 5.40. The van der Waals surface area contributed by atoms with E-state index in [4.69, 9.17) is 10.5 Å². The van der Waals surface area contributed by atoms with E-state index in [1.165, 1.54) is 4.90 Å². The van der Waals surface area contributed by atoms with Crippen molar-refractivity contribution in [1.82, 2.24) is 0 Å². The zero-order valence-electron chi connectivity index (χ0n) is 13.6. The molecule has 0 saturated heterocycles. The topological polar surface area (TPSA) is 72.6 Å². The lowest BCUT2D eigenvalue weighted by atomic mass is 10.1. The first kappa shape index (κ1) is 16.1. The maximum atomic E-state index is 12.8. The molecule has 0 aliphatic carbocycles. The van der Waals surface area contributed by atoms with Crippen molar-refractivity contribution in [3.05, 3.63) is 59.7 Å². The number of fused-ring (bicyclic) bond motifs is 1. The fourth-order valence-electron chi connectivity index (χ4n) is 3.05. The summed E-state index contributed by atoms with van der Waals surface area (Å²) in [5.41, 5.74) is 8.12. The van der Waals surface area contributed by atoms with Crippen LogP contribution in [0.15, 0.2) is 48.5 Å². The van der Waals surface area contributed by atoms with E-state index in [0.29, 0.717) is 13.0 Å². The Morgan fingerprint density at radius 2 is 1.88 bits per heavy atom. The second kappa shape index (κ2) is 6.74. The smallest absolute Gasteiger partial charge is 0.240 e. The largest absolute Gasteiger partial charge is 0.494 e. The number of anilines is 1. The van der Waals surface area contributed by atoms with Gasteiger partial charge >= 0.3 is 0 Å². The first-order valence-corrected chi connectivity index (χ1v) is 8.01. The highest BCUT2D eigenvalue weighted by Gasteiger charge is 2.36. The Morgan fingerprint density at radius 3 is 2.54 bits per heavy atom. The molecule has 1 heterocycles. The van der Waals surface area contributed by atoms with Crippen LogP contribution in [0.25, 0.3) is 0 Å². The standard InChI is InChI=1S/C19H20N2O3/c1-2-24-15-9-7-13(8-10-15)11-18(22)21-16-6-4-3-5-14(16)12-17(21)19(20)23/h3-10,17H,2,11-12H2,1H3,(H2,20,23)/t17-/m0/s1. The van der Waals surface area contributed by atoms with Crippen LogP contribution < -0.4 is 15.4 Å². The zero-order valence-corrected chi connectivity index (χ0v) is 13.6. The minimum absolute atomic E-state index is 0.132. The summed E-state index contributed by atoms with van der Waals surface area (Å²) in [6.45, 7) is 2.52. The highest BCUT2D eigenvalue weighted by molar-refractivity contribution is 6.03. The maximum absolute atomic E-state index is 12.8. The van der Waals surface area contributed by atoms with E-state index >= 15 is 0 Å². The molecule has 1 aliphatic heterocycles. The molecule has 0 bridgehead atoms. The molecule has 0 fully saturated rings. The number of para-hydroxylation sites is 1. The quantitative estimate of drug-likeness (QED) is 0.915. The fourth-order valence-corrected chi connectivity index (χ4v) is 3.05. The van der Waals surface area contributed by atoms with E-state index in [-0.39, 0.29) is 12.3 Å². The van der Waals surface area contributed by atoms with Gasteiger partial charge in [0.05, 0.1) is 13.0 Å². The molecule has 3 rings (SSSR count). The summed E-state index contributed by atoms with van der Waals surface area (Å²) in [5, 5.41) is 0. The summed E-state index contributed by atoms with van der Waals surface area (Å²) in [7, 11) is 0. The number of ether oxygens (including phenoxy) is 1. The Kier molecular flexibility index (Phi) is 4.51. The van der Waals surface area contributed by atoms with Crippen molar-refractivity contribution >= 4 is 17.5 Å². The van der Waals surface area contributed by atoms with E-state index in [1.807, 2.05) is 55.5 Å². The molecule has 0 spiro atoms. The van der Waals surface area contributed by atoms with E-state index in [9.17, 15) is 9.59 Å². The van der Waals surface area contributed by atoms with Crippen molar-refractivity contribution in [1.29, 1.82) is 0 Å². The second-order valence-electron chi connectivity index (χ2n) is 5.77. The molecule has 2 amide bonds. The highest BCUT2D eigenvalue weighted by Crippen LogP contribution is 2.32. The molecule has 124 valence electrons. The lowest BCUT2D eigenvalue weighted by Crippen LogP contribution is -2.46. The summed E-state index contributed by atoms with van der Waals surface area (Å²) in [6, 6.07) is 14.3. The van der Waals surface area contributed by atoms with E-state index in [2.05, 4.69) is 0 Å². The van der Waals surface area contributed by atoms with Gasteiger partial charge in [-0.05, 0) is 36.2 Å². The van der Waals surface area contributed by atoms with Crippen molar-refractivity contribution in [3.8, 4) is 5.75 Å². The van der Waals surface area contributed by atoms with Crippen LogP contribution >= 0.6 is 0 Å². The van der Waals surface area contributed by atoms with Crippen molar-refractivity contribution in [2.45, 2.75) is 25.8 Å². The van der Waals surface area contributed by atoms with Gasteiger partial charge in [-0.3, -0.25) is 14.5 Å². The minimum Gasteiger partial charge on any atom is -0.494 e. The van der Waals surface area contributed by atoms with Crippen LogP contribution in [0.2, 0.25) is 0 Å². The predicted octanol–water partition coefficient (Wildman–Crippen LogP) is 2.07. The van der Waals surface area contributed by atoms with Gasteiger partial charge in [0.2, 0.25) is 11.8 Å². The van der Waals surface area contributed by atoms with Gasteiger partial charge < -0.3 is 10.5 Å². The van der Waals surface area contributed by atoms with Crippen molar-refractivity contribution in [3.63, 3.8) is 0 Å². The fraction of sp³-hybridized carbons (Fsp3) is 0.263. The Balaban J connectivity index is 1.81. The molecular formula is C19H20N2O3. The van der Waals surface area contributed by atoms with Crippen LogP contribution in [0.4, 0.5) is 5.69 Å². The molecule has 0 saturated carbocycles. The van der Waals surface area contributed by atoms with Gasteiger partial charge in [0.25, 0.3) is 0 Å². The molecule has 2 aromatic carbocycles. The van der Waals surface area contributed by atoms with Crippen LogP contribution in [0.3, 0.4) is 0 Å². The first-order chi connectivity index (χ1) is 11.6. The molecule has 1 atom stereocenters. The van der Waals surface area contributed by atoms with E-state index < -0.39 is 11.9 Å². The van der Waals surface area contributed by atoms with Crippen molar-refractivity contribution in [2.24, 2.45) is 5.73 Å². The predicted molar refractivity (Wildman–Crippen MR) is 91.9 cm³/mol. The maximum Gasteiger partial charge on any atom is 0.240 e. The van der Waals surface area contributed by atoms with Crippen LogP contribution in [0.1, 0.15) is 18.1 Å². The molecule has 0 unspecified atom stereocenters. The Hall–Kier alpha value is -2.82. The summed E-state index contributed by atoms with van der Waals surface area (Å²) >= 11 is 0. The number of primary amides is 1. The Labute approximate surface area is 141 Å². The van der Waals surface area contributed by atoms with Gasteiger partial charge in [0, 0.05) is 12.1 Å². The molecule has 24 heavy (non-hydrogen) atoms. The zero-order chi connectivity index (χ0) is 17.1. The number of amides is 2. The molecular weight excluding hydrogens is 304 g/mol. The molecule has 0 aromatic heterocycles. The van der Waals surface area contributed by atoms with Crippen LogP contribution in [0, 0.1) is 0 Å². The molecule has 0 radical (unpaired) electrons. The van der Waals surface area contributed by atoms with Gasteiger partial charge in [0.15, 0.2) is 0 Å². The van der Waals surface area contributed by atoms with Gasteiger partial charge in [-0.2, -0.15) is 0 Å². The van der Waals surface area contributed by atoms with Gasteiger partial charge in [-0.25, -0.2) is 0 Å². The minimum atomic E-state index is -0.613. The summed E-state index contributed by atoms with van der Waals surface area (Å²) in [5.74, 6) is 0.161. The number of rotatable bonds is 5. The summed E-state index contributed by atoms with van der Waals surface area (Å²) in [4.78, 5) is 26.1. The van der Waals surface area contributed by atoms with Gasteiger partial charge in [0.1, 0.15) is 11.8 Å². The molecule has 5 nitrogen and oxygen atoms in total. The van der Waals surface area contributed by atoms with E-state index in [1.54, 1.807) is 0 Å². The third-order valence-electron chi connectivity index (χ3n) is 4.16. The molecule has 2 N–H and O–H groups in total. The number of carbonyl (C=O) groups is 2. The van der Waals surface area contributed by atoms with Crippen molar-refractivity contribution < 1.29 is 14.3 Å². The monoisotopic (exact) mass is 324 g/mol. The average Bonchev–Trinajstić information content (AvgIpc) is 2.97. The van der Waals surface area contributed by atoms with Gasteiger partial charge in [-0.15, -0.1) is 0 Å².